The molecule has 158 valence electrons. The number of rotatable bonds is 4. The van der Waals surface area contributed by atoms with Crippen molar-refractivity contribution < 1.29 is 23.1 Å². The maximum atomic E-state index is 14.2. The van der Waals surface area contributed by atoms with Crippen molar-refractivity contribution in [1.29, 1.82) is 5.26 Å². The smallest absolute Gasteiger partial charge is 0.412 e. The zero-order valence-electron chi connectivity index (χ0n) is 17.4. The van der Waals surface area contributed by atoms with Crippen molar-refractivity contribution in [3.8, 4) is 6.07 Å². The van der Waals surface area contributed by atoms with Gasteiger partial charge in [0.1, 0.15) is 17.2 Å². The van der Waals surface area contributed by atoms with E-state index in [-0.39, 0.29) is 22.5 Å². The molecule has 0 radical (unpaired) electrons. The van der Waals surface area contributed by atoms with Gasteiger partial charge in [0.15, 0.2) is 0 Å². The average molecular weight is 415 g/mol. The second-order valence-corrected chi connectivity index (χ2v) is 8.21. The predicted molar refractivity (Wildman–Crippen MR) is 109 cm³/mol. The van der Waals surface area contributed by atoms with E-state index in [1.807, 2.05) is 6.07 Å². The molecule has 0 saturated carbocycles. The minimum atomic E-state index is -1.15. The number of nitriles is 1. The molecule has 0 aliphatic heterocycles. The molecule has 2 N–H and O–H groups in total. The second-order valence-electron chi connectivity index (χ2n) is 8.21. The number of amides is 2. The van der Waals surface area contributed by atoms with Gasteiger partial charge in [0.2, 0.25) is 0 Å². The van der Waals surface area contributed by atoms with Crippen LogP contribution in [0.3, 0.4) is 0 Å². The number of carbonyl (C=O) groups is 2. The van der Waals surface area contributed by atoms with Gasteiger partial charge < -0.3 is 10.1 Å². The van der Waals surface area contributed by atoms with E-state index in [1.165, 1.54) is 38.1 Å². The zero-order chi connectivity index (χ0) is 22.7. The Kier molecular flexibility index (Phi) is 6.46. The van der Waals surface area contributed by atoms with Crippen molar-refractivity contribution in [2.45, 2.75) is 45.6 Å². The average Bonchev–Trinajstić information content (AvgIpc) is 2.63. The molecule has 0 atom stereocenters. The van der Waals surface area contributed by atoms with Gasteiger partial charge in [-0.1, -0.05) is 0 Å². The summed E-state index contributed by atoms with van der Waals surface area (Å²) in [6.45, 7) is 8.16. The summed E-state index contributed by atoms with van der Waals surface area (Å²) in [5, 5.41) is 14.1. The molecule has 0 unspecified atom stereocenters. The highest BCUT2D eigenvalue weighted by Gasteiger charge is 2.25. The Morgan fingerprint density at radius 3 is 2.20 bits per heavy atom. The Labute approximate surface area is 173 Å². The van der Waals surface area contributed by atoms with Crippen LogP contribution >= 0.6 is 0 Å². The summed E-state index contributed by atoms with van der Waals surface area (Å²) in [6.07, 6.45) is -0.728. The van der Waals surface area contributed by atoms with Gasteiger partial charge in [-0.15, -0.1) is 0 Å². The fourth-order valence-corrected chi connectivity index (χ4v) is 2.52. The van der Waals surface area contributed by atoms with Crippen molar-refractivity contribution in [1.82, 2.24) is 0 Å². The molecule has 2 rings (SSSR count). The first-order valence-electron chi connectivity index (χ1n) is 9.14. The minimum Gasteiger partial charge on any atom is -0.444 e. The normalized spacial score (nSPS) is 11.4. The summed E-state index contributed by atoms with van der Waals surface area (Å²) in [7, 11) is 0. The lowest BCUT2D eigenvalue weighted by Crippen LogP contribution is -2.27. The largest absolute Gasteiger partial charge is 0.444 e. The Morgan fingerprint density at radius 1 is 0.967 bits per heavy atom. The molecule has 0 fully saturated rings. The second kappa shape index (κ2) is 8.49. The van der Waals surface area contributed by atoms with E-state index < -0.39 is 34.7 Å². The van der Waals surface area contributed by atoms with Crippen LogP contribution in [-0.2, 0) is 10.2 Å². The van der Waals surface area contributed by atoms with Crippen LogP contribution in [0.5, 0.6) is 0 Å². The molecule has 2 aromatic rings. The lowest BCUT2D eigenvalue weighted by molar-refractivity contribution is 0.0635. The van der Waals surface area contributed by atoms with Crippen molar-refractivity contribution in [2.75, 3.05) is 10.6 Å². The monoisotopic (exact) mass is 415 g/mol. The lowest BCUT2D eigenvalue weighted by Gasteiger charge is -2.20. The molecule has 30 heavy (non-hydrogen) atoms. The minimum absolute atomic E-state index is 0.0541. The number of anilines is 2. The number of ether oxygens (including phenoxy) is 1. The predicted octanol–water partition coefficient (Wildman–Crippen LogP) is 5.37. The third kappa shape index (κ3) is 5.77. The first-order chi connectivity index (χ1) is 13.8. The molecule has 0 aliphatic carbocycles. The highest BCUT2D eigenvalue weighted by molar-refractivity contribution is 6.04. The molecule has 8 heteroatoms. The summed E-state index contributed by atoms with van der Waals surface area (Å²) in [5.74, 6) is -2.04. The number of carbonyl (C=O) groups excluding carboxylic acids is 2. The van der Waals surface area contributed by atoms with Gasteiger partial charge in [-0.2, -0.15) is 5.26 Å². The van der Waals surface area contributed by atoms with Gasteiger partial charge in [-0.05, 0) is 71.0 Å². The quantitative estimate of drug-likeness (QED) is 0.703. The Hall–Kier alpha value is -3.47. The van der Waals surface area contributed by atoms with Crippen LogP contribution in [0.1, 0.15) is 50.5 Å². The van der Waals surface area contributed by atoms with Gasteiger partial charge in [0.25, 0.3) is 5.91 Å². The number of hydrogen-bond acceptors (Lipinski definition) is 4. The van der Waals surface area contributed by atoms with Gasteiger partial charge in [0.05, 0.1) is 17.2 Å². The molecule has 0 bridgehead atoms. The third-order valence-corrected chi connectivity index (χ3v) is 4.04. The number of hydrogen-bond donors (Lipinski definition) is 2. The van der Waals surface area contributed by atoms with Crippen LogP contribution < -0.4 is 10.6 Å². The number of nitrogens with one attached hydrogen (secondary N) is 2. The molecule has 0 spiro atoms. The Balaban J connectivity index is 2.24. The molecule has 0 saturated heterocycles. The summed E-state index contributed by atoms with van der Waals surface area (Å²) >= 11 is 0. The van der Waals surface area contributed by atoms with E-state index in [0.29, 0.717) is 0 Å². The maximum Gasteiger partial charge on any atom is 0.412 e. The number of benzene rings is 2. The van der Waals surface area contributed by atoms with Gasteiger partial charge in [-0.3, -0.25) is 10.1 Å². The van der Waals surface area contributed by atoms with Crippen LogP contribution in [0, 0.1) is 23.0 Å². The zero-order valence-corrected chi connectivity index (χ0v) is 17.4. The fraction of sp³-hybridized carbons (Fsp3) is 0.318. The van der Waals surface area contributed by atoms with Gasteiger partial charge in [0, 0.05) is 16.8 Å². The van der Waals surface area contributed by atoms with Gasteiger partial charge >= 0.3 is 6.09 Å². The Bertz CT molecular complexity index is 1020. The summed E-state index contributed by atoms with van der Waals surface area (Å²) < 4.78 is 33.4. The molecule has 6 nitrogen and oxygen atoms in total. The SMILES string of the molecule is CC(C)(C)OC(=O)Nc1ccc(F)c(NC(=O)c2ccc(F)c(C(C)(C)C#N)c2)c1. The first kappa shape index (κ1) is 22.8. The number of halogens is 2. The van der Waals surface area contributed by atoms with Crippen molar-refractivity contribution in [3.63, 3.8) is 0 Å². The van der Waals surface area contributed by atoms with E-state index in [9.17, 15) is 23.6 Å². The lowest BCUT2D eigenvalue weighted by atomic mass is 9.85. The van der Waals surface area contributed by atoms with Crippen LogP contribution in [0.2, 0.25) is 0 Å². The third-order valence-electron chi connectivity index (χ3n) is 4.04. The molecule has 2 amide bonds. The fourth-order valence-electron chi connectivity index (χ4n) is 2.52. The summed E-state index contributed by atoms with van der Waals surface area (Å²) in [4.78, 5) is 24.5. The van der Waals surface area contributed by atoms with Crippen LogP contribution in [0.15, 0.2) is 36.4 Å². The van der Waals surface area contributed by atoms with Crippen LogP contribution in [0.4, 0.5) is 25.0 Å². The van der Waals surface area contributed by atoms with E-state index in [4.69, 9.17) is 4.74 Å². The van der Waals surface area contributed by atoms with E-state index in [2.05, 4.69) is 10.6 Å². The molecule has 0 aliphatic rings. The maximum absolute atomic E-state index is 14.2. The van der Waals surface area contributed by atoms with Crippen LogP contribution in [-0.4, -0.2) is 17.6 Å². The standard InChI is InChI=1S/C22H23F2N3O3/c1-21(2,3)30-20(29)26-14-7-9-17(24)18(11-14)27-19(28)13-6-8-16(23)15(10-13)22(4,5)12-25/h6-11H,1-5H3,(H,26,29)(H,27,28). The first-order valence-corrected chi connectivity index (χ1v) is 9.14. The molecule has 2 aromatic carbocycles. The molecular formula is C22H23F2N3O3. The number of nitrogens with zero attached hydrogens (tertiary/aromatic N) is 1. The van der Waals surface area contributed by atoms with Crippen molar-refractivity contribution in [3.05, 3.63) is 59.2 Å². The van der Waals surface area contributed by atoms with E-state index >= 15 is 0 Å². The highest BCUT2D eigenvalue weighted by Crippen LogP contribution is 2.27. The van der Waals surface area contributed by atoms with Gasteiger partial charge in [-0.25, -0.2) is 13.6 Å². The van der Waals surface area contributed by atoms with Crippen LogP contribution in [0.25, 0.3) is 0 Å². The molecule has 0 heterocycles. The topological polar surface area (TPSA) is 91.2 Å². The van der Waals surface area contributed by atoms with E-state index in [0.717, 1.165) is 12.1 Å². The summed E-state index contributed by atoms with van der Waals surface area (Å²) in [5.41, 5.74) is -1.72. The van der Waals surface area contributed by atoms with Crippen molar-refractivity contribution in [2.24, 2.45) is 0 Å². The highest BCUT2D eigenvalue weighted by atomic mass is 19.1. The van der Waals surface area contributed by atoms with Crippen molar-refractivity contribution >= 4 is 23.4 Å². The van der Waals surface area contributed by atoms with E-state index in [1.54, 1.807) is 20.8 Å². The Morgan fingerprint density at radius 2 is 1.60 bits per heavy atom. The molecule has 0 aromatic heterocycles. The molecular weight excluding hydrogens is 392 g/mol. The summed E-state index contributed by atoms with van der Waals surface area (Å²) in [6, 6.07) is 9.20.